The quantitative estimate of drug-likeness (QED) is 0.875. The van der Waals surface area contributed by atoms with Crippen LogP contribution in [0, 0.1) is 5.92 Å². The van der Waals surface area contributed by atoms with E-state index >= 15 is 0 Å². The third-order valence-electron chi connectivity index (χ3n) is 5.47. The van der Waals surface area contributed by atoms with Crippen molar-refractivity contribution in [3.63, 3.8) is 0 Å². The van der Waals surface area contributed by atoms with Gasteiger partial charge in [-0.2, -0.15) is 0 Å². The summed E-state index contributed by atoms with van der Waals surface area (Å²) in [6.45, 7) is 3.88. The molecule has 0 aliphatic carbocycles. The zero-order valence-electron chi connectivity index (χ0n) is 15.5. The van der Waals surface area contributed by atoms with Crippen molar-refractivity contribution in [1.82, 2.24) is 10.2 Å². The summed E-state index contributed by atoms with van der Waals surface area (Å²) < 4.78 is 5.20. The Balaban J connectivity index is 1.56. The fraction of sp³-hybridized carbons (Fsp3) is 0.333. The van der Waals surface area contributed by atoms with E-state index in [-0.39, 0.29) is 17.7 Å². The molecule has 1 saturated heterocycles. The van der Waals surface area contributed by atoms with E-state index in [1.165, 1.54) is 0 Å². The van der Waals surface area contributed by atoms with Gasteiger partial charge in [0.15, 0.2) is 0 Å². The van der Waals surface area contributed by atoms with E-state index in [2.05, 4.69) is 15.5 Å². The summed E-state index contributed by atoms with van der Waals surface area (Å²) in [5.41, 5.74) is 1.60. The third kappa shape index (κ3) is 3.28. The molecule has 2 aliphatic rings. The topological polar surface area (TPSA) is 70.7 Å². The second-order valence-corrected chi connectivity index (χ2v) is 7.48. The first kappa shape index (κ1) is 17.5. The second kappa shape index (κ2) is 6.70. The molecule has 2 aromatic carbocycles. The SMILES string of the molecule is COc1ccc(CN2C[C@H]3C(=O)Nc4ccccc4C(=O)N[C@@]3(C)C2)cc1. The number of methoxy groups -OCH3 is 1. The number of hydrogen-bond acceptors (Lipinski definition) is 4. The van der Waals surface area contributed by atoms with Gasteiger partial charge in [-0.05, 0) is 36.8 Å². The Bertz CT molecular complexity index is 880. The summed E-state index contributed by atoms with van der Waals surface area (Å²) in [6.07, 6.45) is 0. The van der Waals surface area contributed by atoms with Gasteiger partial charge < -0.3 is 15.4 Å². The summed E-state index contributed by atoms with van der Waals surface area (Å²) in [5.74, 6) is 0.304. The van der Waals surface area contributed by atoms with Crippen molar-refractivity contribution in [3.8, 4) is 5.75 Å². The highest BCUT2D eigenvalue weighted by Gasteiger charge is 2.49. The lowest BCUT2D eigenvalue weighted by atomic mass is 9.86. The normalized spacial score (nSPS) is 24.9. The highest BCUT2D eigenvalue weighted by Crippen LogP contribution is 2.33. The minimum Gasteiger partial charge on any atom is -0.497 e. The average molecular weight is 365 g/mol. The van der Waals surface area contributed by atoms with Crippen LogP contribution in [0.5, 0.6) is 5.75 Å². The van der Waals surface area contributed by atoms with Gasteiger partial charge in [-0.3, -0.25) is 14.5 Å². The van der Waals surface area contributed by atoms with Crippen molar-refractivity contribution < 1.29 is 14.3 Å². The number of carbonyl (C=O) groups is 2. The molecule has 27 heavy (non-hydrogen) atoms. The number of ether oxygens (including phenoxy) is 1. The number of para-hydroxylation sites is 1. The molecule has 6 nitrogen and oxygen atoms in total. The number of nitrogens with one attached hydrogen (secondary N) is 2. The molecule has 2 aliphatic heterocycles. The Morgan fingerprint density at radius 2 is 1.89 bits per heavy atom. The predicted molar refractivity (Wildman–Crippen MR) is 103 cm³/mol. The zero-order valence-corrected chi connectivity index (χ0v) is 15.5. The molecule has 2 atom stereocenters. The van der Waals surface area contributed by atoms with Crippen molar-refractivity contribution in [2.24, 2.45) is 5.92 Å². The van der Waals surface area contributed by atoms with Crippen LogP contribution in [-0.2, 0) is 11.3 Å². The van der Waals surface area contributed by atoms with Gasteiger partial charge in [-0.25, -0.2) is 0 Å². The molecule has 0 unspecified atom stereocenters. The molecule has 0 spiro atoms. The minimum atomic E-state index is -0.610. The van der Waals surface area contributed by atoms with E-state index in [1.807, 2.05) is 37.3 Å². The lowest BCUT2D eigenvalue weighted by Gasteiger charge is -2.33. The maximum absolute atomic E-state index is 12.9. The van der Waals surface area contributed by atoms with E-state index in [0.29, 0.717) is 30.9 Å². The molecule has 4 rings (SSSR count). The van der Waals surface area contributed by atoms with Gasteiger partial charge in [-0.15, -0.1) is 0 Å². The molecule has 0 radical (unpaired) electrons. The number of benzene rings is 2. The van der Waals surface area contributed by atoms with E-state index in [0.717, 1.165) is 11.3 Å². The van der Waals surface area contributed by atoms with Gasteiger partial charge in [0.2, 0.25) is 5.91 Å². The van der Waals surface area contributed by atoms with Crippen LogP contribution in [0.15, 0.2) is 48.5 Å². The lowest BCUT2D eigenvalue weighted by molar-refractivity contribution is -0.121. The predicted octanol–water partition coefficient (Wildman–Crippen LogP) is 2.27. The number of likely N-dealkylation sites (tertiary alicyclic amines) is 1. The largest absolute Gasteiger partial charge is 0.497 e. The van der Waals surface area contributed by atoms with Crippen molar-refractivity contribution in [2.75, 3.05) is 25.5 Å². The van der Waals surface area contributed by atoms with Gasteiger partial charge in [-0.1, -0.05) is 24.3 Å². The number of nitrogens with zero attached hydrogens (tertiary/aromatic N) is 1. The Kier molecular flexibility index (Phi) is 4.36. The fourth-order valence-corrected chi connectivity index (χ4v) is 4.04. The van der Waals surface area contributed by atoms with Crippen LogP contribution in [0.4, 0.5) is 5.69 Å². The smallest absolute Gasteiger partial charge is 0.253 e. The number of anilines is 1. The molecule has 0 saturated carbocycles. The van der Waals surface area contributed by atoms with Gasteiger partial charge in [0.1, 0.15) is 5.75 Å². The number of amides is 2. The van der Waals surface area contributed by atoms with E-state index in [4.69, 9.17) is 4.74 Å². The molecule has 0 aromatic heterocycles. The number of rotatable bonds is 3. The lowest BCUT2D eigenvalue weighted by Crippen LogP contribution is -2.56. The molecule has 2 aromatic rings. The van der Waals surface area contributed by atoms with E-state index in [1.54, 1.807) is 25.3 Å². The van der Waals surface area contributed by atoms with Crippen molar-refractivity contribution in [3.05, 3.63) is 59.7 Å². The van der Waals surface area contributed by atoms with Gasteiger partial charge >= 0.3 is 0 Å². The van der Waals surface area contributed by atoms with Crippen molar-refractivity contribution in [1.29, 1.82) is 0 Å². The Morgan fingerprint density at radius 1 is 1.15 bits per heavy atom. The van der Waals surface area contributed by atoms with Crippen LogP contribution < -0.4 is 15.4 Å². The maximum Gasteiger partial charge on any atom is 0.253 e. The van der Waals surface area contributed by atoms with Crippen LogP contribution >= 0.6 is 0 Å². The summed E-state index contributed by atoms with van der Waals surface area (Å²) in [4.78, 5) is 27.9. The maximum atomic E-state index is 12.9. The van der Waals surface area contributed by atoms with Crippen LogP contribution in [0.25, 0.3) is 0 Å². The first-order chi connectivity index (χ1) is 13.0. The number of hydrogen-bond donors (Lipinski definition) is 2. The molecule has 2 heterocycles. The standard InChI is InChI=1S/C21H23N3O3/c1-21-13-24(11-14-7-9-15(27-2)10-8-14)12-17(21)20(26)22-18-6-4-3-5-16(18)19(25)23-21/h3-10,17H,11-13H2,1-2H3,(H,22,26)(H,23,25)/t17-,21-/m0/s1. The highest BCUT2D eigenvalue weighted by molar-refractivity contribution is 6.06. The van der Waals surface area contributed by atoms with Crippen molar-refractivity contribution in [2.45, 2.75) is 19.0 Å². The van der Waals surface area contributed by atoms with E-state index in [9.17, 15) is 9.59 Å². The fourth-order valence-electron chi connectivity index (χ4n) is 4.04. The Labute approximate surface area is 158 Å². The summed E-state index contributed by atoms with van der Waals surface area (Å²) in [7, 11) is 1.65. The molecule has 2 amide bonds. The molecule has 2 N–H and O–H groups in total. The summed E-state index contributed by atoms with van der Waals surface area (Å²) in [5, 5.41) is 6.06. The minimum absolute atomic E-state index is 0.0535. The molecular formula is C21H23N3O3. The Hall–Kier alpha value is -2.86. The second-order valence-electron chi connectivity index (χ2n) is 7.48. The van der Waals surface area contributed by atoms with Gasteiger partial charge in [0.25, 0.3) is 5.91 Å². The van der Waals surface area contributed by atoms with Crippen molar-refractivity contribution >= 4 is 17.5 Å². The van der Waals surface area contributed by atoms with E-state index < -0.39 is 5.54 Å². The van der Waals surface area contributed by atoms with Crippen LogP contribution in [0.2, 0.25) is 0 Å². The average Bonchev–Trinajstić information content (AvgIpc) is 2.97. The first-order valence-electron chi connectivity index (χ1n) is 9.06. The molecule has 140 valence electrons. The third-order valence-corrected chi connectivity index (χ3v) is 5.47. The first-order valence-corrected chi connectivity index (χ1v) is 9.06. The number of fused-ring (bicyclic) bond motifs is 2. The highest BCUT2D eigenvalue weighted by atomic mass is 16.5. The van der Waals surface area contributed by atoms with Crippen LogP contribution in [-0.4, -0.2) is 42.5 Å². The zero-order chi connectivity index (χ0) is 19.0. The summed E-state index contributed by atoms with van der Waals surface area (Å²) in [6, 6.07) is 15.0. The van der Waals surface area contributed by atoms with Gasteiger partial charge in [0.05, 0.1) is 29.8 Å². The van der Waals surface area contributed by atoms with Crippen LogP contribution in [0.3, 0.4) is 0 Å². The molecule has 1 fully saturated rings. The molecule has 6 heteroatoms. The summed E-state index contributed by atoms with van der Waals surface area (Å²) >= 11 is 0. The van der Waals surface area contributed by atoms with Crippen LogP contribution in [0.1, 0.15) is 22.8 Å². The number of carbonyl (C=O) groups excluding carboxylic acids is 2. The molecular weight excluding hydrogens is 342 g/mol. The Morgan fingerprint density at radius 3 is 2.63 bits per heavy atom. The molecule has 0 bridgehead atoms. The van der Waals surface area contributed by atoms with Gasteiger partial charge in [0, 0.05) is 19.6 Å². The monoisotopic (exact) mass is 365 g/mol.